The molecule has 0 aliphatic rings. The van der Waals surface area contributed by atoms with Gasteiger partial charge >= 0.3 is 6.18 Å². The largest absolute Gasteiger partial charge is 0.416 e. The zero-order valence-corrected chi connectivity index (χ0v) is 13.6. The number of hydrogen-bond acceptors (Lipinski definition) is 3. The van der Waals surface area contributed by atoms with Gasteiger partial charge in [-0.25, -0.2) is 4.68 Å². The molecule has 0 aliphatic carbocycles. The first-order valence-electron chi connectivity index (χ1n) is 7.27. The number of carbonyl (C=O) groups excluding carboxylic acids is 1. The lowest BCUT2D eigenvalue weighted by atomic mass is 9.87. The maximum Gasteiger partial charge on any atom is 0.416 e. The molecule has 0 bridgehead atoms. The Bertz CT molecular complexity index is 731. The van der Waals surface area contributed by atoms with E-state index in [1.807, 2.05) is 20.8 Å². The predicted octanol–water partition coefficient (Wildman–Crippen LogP) is 3.20. The summed E-state index contributed by atoms with van der Waals surface area (Å²) >= 11 is 0. The minimum atomic E-state index is -4.43. The molecule has 1 aromatic heterocycles. The Hall–Kier alpha value is -2.35. The minimum Gasteiger partial charge on any atom is -0.322 e. The number of anilines is 1. The van der Waals surface area contributed by atoms with Gasteiger partial charge in [-0.2, -0.15) is 18.3 Å². The van der Waals surface area contributed by atoms with Gasteiger partial charge < -0.3 is 11.1 Å². The molecule has 1 heterocycles. The smallest absolute Gasteiger partial charge is 0.322 e. The number of nitrogens with zero attached hydrogens (tertiary/aromatic N) is 2. The van der Waals surface area contributed by atoms with Gasteiger partial charge in [0, 0.05) is 0 Å². The van der Waals surface area contributed by atoms with Crippen LogP contribution < -0.4 is 11.1 Å². The van der Waals surface area contributed by atoms with Gasteiger partial charge in [-0.05, 0) is 23.6 Å². The summed E-state index contributed by atoms with van der Waals surface area (Å²) in [4.78, 5) is 12.1. The number of aromatic nitrogens is 2. The van der Waals surface area contributed by atoms with Crippen LogP contribution in [0.2, 0.25) is 0 Å². The Balaban J connectivity index is 2.18. The summed E-state index contributed by atoms with van der Waals surface area (Å²) in [5.41, 5.74) is 5.28. The number of halogens is 3. The zero-order chi connectivity index (χ0) is 18.1. The van der Waals surface area contributed by atoms with Crippen LogP contribution in [-0.2, 0) is 11.0 Å². The van der Waals surface area contributed by atoms with Crippen LogP contribution in [0.15, 0.2) is 36.7 Å². The Labute approximate surface area is 137 Å². The van der Waals surface area contributed by atoms with Crippen LogP contribution in [0.5, 0.6) is 0 Å². The second kappa shape index (κ2) is 6.27. The van der Waals surface area contributed by atoms with Crippen LogP contribution in [0.25, 0.3) is 5.69 Å². The SMILES string of the molecule is CC(C)(C)[C@H](N)C(=O)Nc1cnn(-c2cccc(C(F)(F)F)c2)c1. The van der Waals surface area contributed by atoms with Crippen LogP contribution in [0.4, 0.5) is 18.9 Å². The normalized spacial score (nSPS) is 13.6. The van der Waals surface area contributed by atoms with E-state index in [2.05, 4.69) is 10.4 Å². The van der Waals surface area contributed by atoms with E-state index in [9.17, 15) is 18.0 Å². The van der Waals surface area contributed by atoms with Crippen molar-refractivity contribution in [2.24, 2.45) is 11.1 Å². The Kier molecular flexibility index (Phi) is 4.70. The third-order valence-electron chi connectivity index (χ3n) is 3.50. The molecule has 1 atom stereocenters. The van der Waals surface area contributed by atoms with E-state index in [4.69, 9.17) is 5.73 Å². The number of hydrogen-bond donors (Lipinski definition) is 2. The maximum atomic E-state index is 12.8. The predicted molar refractivity (Wildman–Crippen MR) is 84.6 cm³/mol. The van der Waals surface area contributed by atoms with Crippen molar-refractivity contribution in [1.29, 1.82) is 0 Å². The monoisotopic (exact) mass is 340 g/mol. The molecule has 0 fully saturated rings. The van der Waals surface area contributed by atoms with Gasteiger partial charge in [0.1, 0.15) is 0 Å². The second-order valence-corrected chi connectivity index (χ2v) is 6.55. The Morgan fingerprint density at radius 1 is 1.29 bits per heavy atom. The minimum absolute atomic E-state index is 0.241. The summed E-state index contributed by atoms with van der Waals surface area (Å²) in [6.45, 7) is 5.51. The highest BCUT2D eigenvalue weighted by Gasteiger charge is 2.30. The van der Waals surface area contributed by atoms with E-state index < -0.39 is 23.2 Å². The molecule has 8 heteroatoms. The highest BCUT2D eigenvalue weighted by molar-refractivity contribution is 5.95. The van der Waals surface area contributed by atoms with Gasteiger partial charge in [0.25, 0.3) is 0 Å². The van der Waals surface area contributed by atoms with Gasteiger partial charge in [-0.15, -0.1) is 0 Å². The van der Waals surface area contributed by atoms with E-state index in [1.54, 1.807) is 0 Å². The molecule has 130 valence electrons. The second-order valence-electron chi connectivity index (χ2n) is 6.55. The molecule has 0 spiro atoms. The lowest BCUT2D eigenvalue weighted by Gasteiger charge is -2.25. The van der Waals surface area contributed by atoms with Gasteiger partial charge in [-0.3, -0.25) is 4.79 Å². The fourth-order valence-electron chi connectivity index (χ4n) is 1.97. The quantitative estimate of drug-likeness (QED) is 0.901. The summed E-state index contributed by atoms with van der Waals surface area (Å²) in [7, 11) is 0. The lowest BCUT2D eigenvalue weighted by molar-refractivity contribution is -0.137. The van der Waals surface area contributed by atoms with Crippen LogP contribution >= 0.6 is 0 Å². The molecule has 0 saturated heterocycles. The molecule has 0 unspecified atom stereocenters. The van der Waals surface area contributed by atoms with Crippen LogP contribution in [0, 0.1) is 5.41 Å². The molecule has 2 aromatic rings. The molecule has 3 N–H and O–H groups in total. The van der Waals surface area contributed by atoms with E-state index >= 15 is 0 Å². The first kappa shape index (κ1) is 18.0. The van der Waals surface area contributed by atoms with Crippen LogP contribution in [0.1, 0.15) is 26.3 Å². The highest BCUT2D eigenvalue weighted by atomic mass is 19.4. The van der Waals surface area contributed by atoms with Gasteiger partial charge in [0.2, 0.25) is 5.91 Å². The fourth-order valence-corrected chi connectivity index (χ4v) is 1.97. The fraction of sp³-hybridized carbons (Fsp3) is 0.375. The summed E-state index contributed by atoms with van der Waals surface area (Å²) in [5.74, 6) is -0.383. The van der Waals surface area contributed by atoms with E-state index in [1.165, 1.54) is 29.2 Å². The number of amides is 1. The zero-order valence-electron chi connectivity index (χ0n) is 13.6. The summed E-state index contributed by atoms with van der Waals surface area (Å²) in [6.07, 6.45) is -1.64. The average molecular weight is 340 g/mol. The molecular formula is C16H19F3N4O. The summed E-state index contributed by atoms with van der Waals surface area (Å²) < 4.78 is 39.5. The molecule has 1 amide bonds. The molecule has 2 rings (SSSR count). The van der Waals surface area contributed by atoms with Crippen molar-refractivity contribution in [1.82, 2.24) is 9.78 Å². The van der Waals surface area contributed by atoms with Gasteiger partial charge in [0.05, 0.1) is 35.4 Å². The van der Waals surface area contributed by atoms with E-state index in [-0.39, 0.29) is 11.6 Å². The van der Waals surface area contributed by atoms with Gasteiger partial charge in [0.15, 0.2) is 0 Å². The molecule has 5 nitrogen and oxygen atoms in total. The average Bonchev–Trinajstić information content (AvgIpc) is 2.93. The molecule has 0 saturated carbocycles. The van der Waals surface area contributed by atoms with Crippen molar-refractivity contribution in [3.63, 3.8) is 0 Å². The first-order chi connectivity index (χ1) is 11.0. The van der Waals surface area contributed by atoms with Crippen molar-refractivity contribution in [3.8, 4) is 5.69 Å². The first-order valence-corrected chi connectivity index (χ1v) is 7.27. The van der Waals surface area contributed by atoms with E-state index in [0.717, 1.165) is 12.1 Å². The molecule has 24 heavy (non-hydrogen) atoms. The number of benzene rings is 1. The number of nitrogens with one attached hydrogen (secondary N) is 1. The van der Waals surface area contributed by atoms with Crippen molar-refractivity contribution in [3.05, 3.63) is 42.2 Å². The Morgan fingerprint density at radius 2 is 1.96 bits per heavy atom. The number of nitrogens with two attached hydrogens (primary N) is 1. The van der Waals surface area contributed by atoms with Crippen molar-refractivity contribution >= 4 is 11.6 Å². The molecular weight excluding hydrogens is 321 g/mol. The number of alkyl halides is 3. The molecule has 0 radical (unpaired) electrons. The third kappa shape index (κ3) is 4.14. The molecule has 0 aliphatic heterocycles. The van der Waals surface area contributed by atoms with Crippen molar-refractivity contribution in [2.75, 3.05) is 5.32 Å². The summed E-state index contributed by atoms with van der Waals surface area (Å²) in [6, 6.07) is 4.04. The molecule has 1 aromatic carbocycles. The van der Waals surface area contributed by atoms with Crippen molar-refractivity contribution < 1.29 is 18.0 Å². The summed E-state index contributed by atoms with van der Waals surface area (Å²) in [5, 5.41) is 6.59. The lowest BCUT2D eigenvalue weighted by Crippen LogP contribution is -2.45. The van der Waals surface area contributed by atoms with Crippen LogP contribution in [-0.4, -0.2) is 21.7 Å². The maximum absolute atomic E-state index is 12.8. The highest BCUT2D eigenvalue weighted by Crippen LogP contribution is 2.30. The number of rotatable bonds is 3. The standard InChI is InChI=1S/C16H19F3N4O/c1-15(2,3)13(20)14(24)22-11-8-21-23(9-11)12-6-4-5-10(7-12)16(17,18)19/h4-9,13H,20H2,1-3H3,(H,22,24)/t13-/m1/s1. The Morgan fingerprint density at radius 3 is 2.54 bits per heavy atom. The third-order valence-corrected chi connectivity index (χ3v) is 3.50. The van der Waals surface area contributed by atoms with Gasteiger partial charge in [-0.1, -0.05) is 26.8 Å². The van der Waals surface area contributed by atoms with E-state index in [0.29, 0.717) is 5.69 Å². The number of carbonyl (C=O) groups is 1. The van der Waals surface area contributed by atoms with Crippen LogP contribution in [0.3, 0.4) is 0 Å². The topological polar surface area (TPSA) is 72.9 Å². The van der Waals surface area contributed by atoms with Crippen molar-refractivity contribution in [2.45, 2.75) is 33.0 Å².